The molecule has 1 unspecified atom stereocenters. The summed E-state index contributed by atoms with van der Waals surface area (Å²) in [6, 6.07) is 3.66. The molecule has 1 saturated heterocycles. The van der Waals surface area contributed by atoms with Crippen molar-refractivity contribution in [3.8, 4) is 0 Å². The summed E-state index contributed by atoms with van der Waals surface area (Å²) in [4.78, 5) is 30.6. The van der Waals surface area contributed by atoms with Crippen LogP contribution in [0.3, 0.4) is 0 Å². The Hall–Kier alpha value is -1.91. The van der Waals surface area contributed by atoms with E-state index in [9.17, 15) is 9.59 Å². The van der Waals surface area contributed by atoms with E-state index >= 15 is 0 Å². The van der Waals surface area contributed by atoms with Crippen LogP contribution in [0.25, 0.3) is 0 Å². The van der Waals surface area contributed by atoms with Gasteiger partial charge >= 0.3 is 0 Å². The molecule has 5 heteroatoms. The third-order valence-corrected chi connectivity index (χ3v) is 3.41. The first-order valence-electron chi connectivity index (χ1n) is 6.41. The van der Waals surface area contributed by atoms with Gasteiger partial charge in [0.1, 0.15) is 0 Å². The number of rotatable bonds is 3. The maximum absolute atomic E-state index is 12.0. The summed E-state index contributed by atoms with van der Waals surface area (Å²) in [5.41, 5.74) is 2.42. The number of hydrogen-bond acceptors (Lipinski definition) is 3. The number of aryl methyl sites for hydroxylation is 1. The van der Waals surface area contributed by atoms with E-state index in [2.05, 4.69) is 4.98 Å². The molecule has 2 rings (SSSR count). The number of amides is 2. The topological polar surface area (TPSA) is 53.5 Å². The molecule has 0 saturated carbocycles. The van der Waals surface area contributed by atoms with E-state index in [1.165, 1.54) is 0 Å². The molecule has 1 fully saturated rings. The molecule has 0 aliphatic carbocycles. The Morgan fingerprint density at radius 1 is 1.47 bits per heavy atom. The first-order chi connectivity index (χ1) is 9.01. The molecule has 1 aromatic heterocycles. The fourth-order valence-electron chi connectivity index (χ4n) is 2.41. The lowest BCUT2D eigenvalue weighted by Gasteiger charge is -2.15. The van der Waals surface area contributed by atoms with Crippen LogP contribution in [0, 0.1) is 6.92 Å². The molecule has 19 heavy (non-hydrogen) atoms. The van der Waals surface area contributed by atoms with Gasteiger partial charge in [0.15, 0.2) is 0 Å². The van der Waals surface area contributed by atoms with Gasteiger partial charge in [0, 0.05) is 50.1 Å². The van der Waals surface area contributed by atoms with Crippen LogP contribution in [0.5, 0.6) is 0 Å². The molecular weight excluding hydrogens is 242 g/mol. The number of carbonyl (C=O) groups is 2. The molecule has 102 valence electrons. The van der Waals surface area contributed by atoms with Crippen LogP contribution in [0.1, 0.15) is 34.1 Å². The monoisotopic (exact) mass is 261 g/mol. The molecule has 5 nitrogen and oxygen atoms in total. The summed E-state index contributed by atoms with van der Waals surface area (Å²) >= 11 is 0. The molecule has 0 spiro atoms. The highest BCUT2D eigenvalue weighted by atomic mass is 16.2. The van der Waals surface area contributed by atoms with Crippen molar-refractivity contribution in [2.24, 2.45) is 0 Å². The minimum absolute atomic E-state index is 0.0167. The standard InChI is InChI=1S/C14H19N3O2/c1-10-6-12(14(19)16(2)3)7-13(15-10)11-4-5-17(8-11)9-18/h6-7,9,11H,4-5,8H2,1-3H3. The number of likely N-dealkylation sites (tertiary alicyclic amines) is 1. The highest BCUT2D eigenvalue weighted by molar-refractivity contribution is 5.94. The van der Waals surface area contributed by atoms with E-state index < -0.39 is 0 Å². The van der Waals surface area contributed by atoms with Crippen molar-refractivity contribution >= 4 is 12.3 Å². The van der Waals surface area contributed by atoms with Crippen LogP contribution < -0.4 is 0 Å². The van der Waals surface area contributed by atoms with Gasteiger partial charge < -0.3 is 9.80 Å². The van der Waals surface area contributed by atoms with Gasteiger partial charge in [-0.15, -0.1) is 0 Å². The normalized spacial score (nSPS) is 18.5. The van der Waals surface area contributed by atoms with Crippen LogP contribution in [-0.4, -0.2) is 54.3 Å². The second kappa shape index (κ2) is 5.38. The zero-order valence-electron chi connectivity index (χ0n) is 11.6. The molecular formula is C14H19N3O2. The number of nitrogens with zero attached hydrogens (tertiary/aromatic N) is 3. The minimum Gasteiger partial charge on any atom is -0.345 e. The highest BCUT2D eigenvalue weighted by Crippen LogP contribution is 2.26. The van der Waals surface area contributed by atoms with Crippen molar-refractivity contribution in [2.45, 2.75) is 19.3 Å². The molecule has 1 aliphatic heterocycles. The van der Waals surface area contributed by atoms with Crippen molar-refractivity contribution in [1.82, 2.24) is 14.8 Å². The molecule has 0 aromatic carbocycles. The fraction of sp³-hybridized carbons (Fsp3) is 0.500. The Bertz CT molecular complexity index is 499. The Morgan fingerprint density at radius 3 is 2.79 bits per heavy atom. The molecule has 1 atom stereocenters. The zero-order chi connectivity index (χ0) is 14.0. The quantitative estimate of drug-likeness (QED) is 0.764. The van der Waals surface area contributed by atoms with Crippen molar-refractivity contribution < 1.29 is 9.59 Å². The molecule has 1 aromatic rings. The molecule has 0 radical (unpaired) electrons. The second-order valence-corrected chi connectivity index (χ2v) is 5.21. The molecule has 0 bridgehead atoms. The molecule has 0 N–H and O–H groups in total. The average molecular weight is 261 g/mol. The van der Waals surface area contributed by atoms with Crippen LogP contribution in [0.4, 0.5) is 0 Å². The van der Waals surface area contributed by atoms with Gasteiger partial charge in [-0.25, -0.2) is 0 Å². The number of pyridine rings is 1. The molecule has 2 amide bonds. The Kier molecular flexibility index (Phi) is 3.83. The third kappa shape index (κ3) is 2.92. The number of carbonyl (C=O) groups excluding carboxylic acids is 2. The Balaban J connectivity index is 2.27. The van der Waals surface area contributed by atoms with Crippen molar-refractivity contribution in [1.29, 1.82) is 0 Å². The number of aromatic nitrogens is 1. The van der Waals surface area contributed by atoms with E-state index in [1.807, 2.05) is 13.0 Å². The second-order valence-electron chi connectivity index (χ2n) is 5.21. The molecule has 1 aliphatic rings. The fourth-order valence-corrected chi connectivity index (χ4v) is 2.41. The van der Waals surface area contributed by atoms with Gasteiger partial charge in [0.2, 0.25) is 6.41 Å². The maximum atomic E-state index is 12.0. The predicted molar refractivity (Wildman–Crippen MR) is 72.0 cm³/mol. The van der Waals surface area contributed by atoms with Gasteiger partial charge in [0.25, 0.3) is 5.91 Å². The van der Waals surface area contributed by atoms with Gasteiger partial charge in [-0.3, -0.25) is 14.6 Å². The summed E-state index contributed by atoms with van der Waals surface area (Å²) in [6.07, 6.45) is 1.78. The summed E-state index contributed by atoms with van der Waals surface area (Å²) in [5.74, 6) is 0.218. The van der Waals surface area contributed by atoms with Crippen LogP contribution in [0.15, 0.2) is 12.1 Å². The highest BCUT2D eigenvalue weighted by Gasteiger charge is 2.25. The first kappa shape index (κ1) is 13.5. The van der Waals surface area contributed by atoms with E-state index in [4.69, 9.17) is 0 Å². The van der Waals surface area contributed by atoms with E-state index in [1.54, 1.807) is 30.0 Å². The molecule has 2 heterocycles. The Morgan fingerprint density at radius 2 is 2.21 bits per heavy atom. The van der Waals surface area contributed by atoms with E-state index in [0.717, 1.165) is 30.8 Å². The minimum atomic E-state index is -0.0167. The van der Waals surface area contributed by atoms with E-state index in [0.29, 0.717) is 12.1 Å². The van der Waals surface area contributed by atoms with E-state index in [-0.39, 0.29) is 11.8 Å². The summed E-state index contributed by atoms with van der Waals surface area (Å²) in [6.45, 7) is 3.35. The van der Waals surface area contributed by atoms with Gasteiger partial charge in [0.05, 0.1) is 0 Å². The average Bonchev–Trinajstić information content (AvgIpc) is 2.85. The lowest BCUT2D eigenvalue weighted by Crippen LogP contribution is -2.22. The van der Waals surface area contributed by atoms with Gasteiger partial charge in [-0.2, -0.15) is 0 Å². The van der Waals surface area contributed by atoms with Crippen molar-refractivity contribution in [2.75, 3.05) is 27.2 Å². The smallest absolute Gasteiger partial charge is 0.253 e. The number of hydrogen-bond donors (Lipinski definition) is 0. The predicted octanol–water partition coefficient (Wildman–Crippen LogP) is 1.04. The third-order valence-electron chi connectivity index (χ3n) is 3.41. The van der Waals surface area contributed by atoms with Gasteiger partial charge in [-0.1, -0.05) is 0 Å². The largest absolute Gasteiger partial charge is 0.345 e. The zero-order valence-corrected chi connectivity index (χ0v) is 11.6. The van der Waals surface area contributed by atoms with Crippen molar-refractivity contribution in [3.63, 3.8) is 0 Å². The van der Waals surface area contributed by atoms with Crippen LogP contribution in [0.2, 0.25) is 0 Å². The first-order valence-corrected chi connectivity index (χ1v) is 6.41. The lowest BCUT2D eigenvalue weighted by atomic mass is 10.0. The summed E-state index contributed by atoms with van der Waals surface area (Å²) in [7, 11) is 3.48. The van der Waals surface area contributed by atoms with Gasteiger partial charge in [-0.05, 0) is 25.5 Å². The Labute approximate surface area is 113 Å². The maximum Gasteiger partial charge on any atom is 0.253 e. The lowest BCUT2D eigenvalue weighted by molar-refractivity contribution is -0.117. The van der Waals surface area contributed by atoms with Crippen LogP contribution >= 0.6 is 0 Å². The van der Waals surface area contributed by atoms with Crippen molar-refractivity contribution in [3.05, 3.63) is 29.1 Å². The SMILES string of the molecule is Cc1cc(C(=O)N(C)C)cc(C2CCN(C=O)C2)n1. The summed E-state index contributed by atoms with van der Waals surface area (Å²) in [5, 5.41) is 0. The summed E-state index contributed by atoms with van der Waals surface area (Å²) < 4.78 is 0. The van der Waals surface area contributed by atoms with Crippen LogP contribution in [-0.2, 0) is 4.79 Å².